The lowest BCUT2D eigenvalue weighted by Gasteiger charge is -2.13. The summed E-state index contributed by atoms with van der Waals surface area (Å²) >= 11 is 0. The van der Waals surface area contributed by atoms with Crippen LogP contribution in [-0.4, -0.2) is 48.0 Å². The molecule has 0 unspecified atom stereocenters. The Balaban J connectivity index is 1.97. The number of amides is 1. The number of rotatable bonds is 7. The molecule has 1 amide bonds. The summed E-state index contributed by atoms with van der Waals surface area (Å²) in [5.74, 6) is 0.430. The second kappa shape index (κ2) is 8.58. The van der Waals surface area contributed by atoms with Crippen LogP contribution in [0, 0.1) is 20.8 Å². The second-order valence-electron chi connectivity index (χ2n) is 6.60. The average molecular weight is 341 g/mol. The van der Waals surface area contributed by atoms with Crippen molar-refractivity contribution in [3.8, 4) is 0 Å². The Morgan fingerprint density at radius 3 is 2.32 bits per heavy atom. The monoisotopic (exact) mass is 341 g/mol. The van der Waals surface area contributed by atoms with Gasteiger partial charge < -0.3 is 15.5 Å². The van der Waals surface area contributed by atoms with Gasteiger partial charge in [-0.2, -0.15) is 0 Å². The Hall–Kier alpha value is -2.47. The van der Waals surface area contributed by atoms with Gasteiger partial charge in [0.2, 0.25) is 0 Å². The molecule has 0 fully saturated rings. The first-order chi connectivity index (χ1) is 11.9. The normalized spacial score (nSPS) is 10.8. The van der Waals surface area contributed by atoms with E-state index in [4.69, 9.17) is 0 Å². The fourth-order valence-corrected chi connectivity index (χ4v) is 2.70. The van der Waals surface area contributed by atoms with Crippen molar-refractivity contribution in [3.63, 3.8) is 0 Å². The van der Waals surface area contributed by atoms with Crippen LogP contribution >= 0.6 is 0 Å². The highest BCUT2D eigenvalue weighted by Crippen LogP contribution is 2.22. The molecule has 2 N–H and O–H groups in total. The van der Waals surface area contributed by atoms with Gasteiger partial charge in [-0.05, 0) is 59.0 Å². The first kappa shape index (κ1) is 18.9. The van der Waals surface area contributed by atoms with Gasteiger partial charge in [-0.3, -0.25) is 4.79 Å². The summed E-state index contributed by atoms with van der Waals surface area (Å²) in [5.41, 5.74) is 4.40. The van der Waals surface area contributed by atoms with E-state index in [1.807, 2.05) is 34.9 Å². The first-order valence-electron chi connectivity index (χ1n) is 8.46. The molecular formula is C19H27N5O. The third-order valence-electron chi connectivity index (χ3n) is 3.89. The Kier molecular flexibility index (Phi) is 6.47. The topological polar surface area (TPSA) is 70.2 Å². The maximum atomic E-state index is 12.4. The van der Waals surface area contributed by atoms with E-state index in [2.05, 4.69) is 37.6 Å². The highest BCUT2D eigenvalue weighted by Gasteiger charge is 2.12. The van der Waals surface area contributed by atoms with Crippen molar-refractivity contribution in [2.75, 3.05) is 37.8 Å². The number of aromatic nitrogens is 2. The fraction of sp³-hybridized carbons (Fsp3) is 0.421. The van der Waals surface area contributed by atoms with E-state index < -0.39 is 0 Å². The summed E-state index contributed by atoms with van der Waals surface area (Å²) < 4.78 is 0. The summed E-state index contributed by atoms with van der Waals surface area (Å²) in [6, 6.07) is 4.10. The molecule has 0 saturated heterocycles. The number of hydrogen-bond donors (Lipinski definition) is 2. The first-order valence-corrected chi connectivity index (χ1v) is 8.46. The minimum absolute atomic E-state index is 0.248. The van der Waals surface area contributed by atoms with Crippen LogP contribution in [0.3, 0.4) is 0 Å². The zero-order valence-electron chi connectivity index (χ0n) is 15.7. The lowest BCUT2D eigenvalue weighted by Crippen LogP contribution is -2.18. The third kappa shape index (κ3) is 5.53. The molecule has 0 aliphatic carbocycles. The summed E-state index contributed by atoms with van der Waals surface area (Å²) in [5, 5.41) is 6.15. The Morgan fingerprint density at radius 2 is 1.76 bits per heavy atom. The second-order valence-corrected chi connectivity index (χ2v) is 6.60. The van der Waals surface area contributed by atoms with Gasteiger partial charge in [0.1, 0.15) is 11.5 Å². The van der Waals surface area contributed by atoms with Crippen molar-refractivity contribution >= 4 is 17.4 Å². The number of carbonyl (C=O) groups is 1. The predicted octanol–water partition coefficient (Wildman–Crippen LogP) is 3.02. The zero-order chi connectivity index (χ0) is 18.4. The molecule has 0 saturated carbocycles. The molecule has 2 aromatic rings. The molecule has 0 radical (unpaired) electrons. The summed E-state index contributed by atoms with van der Waals surface area (Å²) in [7, 11) is 4.09. The van der Waals surface area contributed by atoms with Crippen LogP contribution in [0.15, 0.2) is 24.5 Å². The van der Waals surface area contributed by atoms with Gasteiger partial charge in [0.15, 0.2) is 0 Å². The summed E-state index contributed by atoms with van der Waals surface area (Å²) in [6.45, 7) is 7.85. The highest BCUT2D eigenvalue weighted by atomic mass is 16.1. The van der Waals surface area contributed by atoms with E-state index in [0.29, 0.717) is 11.5 Å². The van der Waals surface area contributed by atoms with Crippen molar-refractivity contribution < 1.29 is 4.79 Å². The molecule has 2 rings (SSSR count). The van der Waals surface area contributed by atoms with Gasteiger partial charge in [-0.25, -0.2) is 9.97 Å². The van der Waals surface area contributed by atoms with Crippen molar-refractivity contribution in [1.82, 2.24) is 14.9 Å². The molecule has 0 atom stereocenters. The molecular weight excluding hydrogens is 314 g/mol. The average Bonchev–Trinajstić information content (AvgIpc) is 2.55. The van der Waals surface area contributed by atoms with E-state index in [9.17, 15) is 4.79 Å². The van der Waals surface area contributed by atoms with E-state index in [1.54, 1.807) is 6.20 Å². The van der Waals surface area contributed by atoms with Gasteiger partial charge in [0.05, 0.1) is 12.4 Å². The Bertz CT molecular complexity index is 702. The maximum Gasteiger partial charge on any atom is 0.275 e. The summed E-state index contributed by atoms with van der Waals surface area (Å²) in [4.78, 5) is 23.0. The van der Waals surface area contributed by atoms with Gasteiger partial charge >= 0.3 is 0 Å². The van der Waals surface area contributed by atoms with Gasteiger partial charge in [0, 0.05) is 12.2 Å². The predicted molar refractivity (Wildman–Crippen MR) is 102 cm³/mol. The Labute approximate surface area is 149 Å². The molecule has 0 aliphatic heterocycles. The smallest absolute Gasteiger partial charge is 0.275 e. The van der Waals surface area contributed by atoms with E-state index in [1.165, 1.54) is 11.8 Å². The lowest BCUT2D eigenvalue weighted by atomic mass is 10.1. The minimum Gasteiger partial charge on any atom is -0.369 e. The fourth-order valence-electron chi connectivity index (χ4n) is 2.70. The molecule has 6 heteroatoms. The van der Waals surface area contributed by atoms with E-state index in [-0.39, 0.29) is 5.91 Å². The molecule has 1 heterocycles. The Morgan fingerprint density at radius 1 is 1.08 bits per heavy atom. The molecule has 0 aliphatic rings. The van der Waals surface area contributed by atoms with Gasteiger partial charge in [-0.1, -0.05) is 17.7 Å². The van der Waals surface area contributed by atoms with Crippen molar-refractivity contribution in [2.24, 2.45) is 0 Å². The van der Waals surface area contributed by atoms with Crippen molar-refractivity contribution in [3.05, 3.63) is 46.9 Å². The zero-order valence-corrected chi connectivity index (χ0v) is 15.7. The molecule has 1 aromatic carbocycles. The van der Waals surface area contributed by atoms with Crippen LogP contribution in [0.2, 0.25) is 0 Å². The molecule has 25 heavy (non-hydrogen) atoms. The van der Waals surface area contributed by atoms with Crippen LogP contribution in [0.1, 0.15) is 33.6 Å². The van der Waals surface area contributed by atoms with Crippen LogP contribution in [0.4, 0.5) is 11.5 Å². The van der Waals surface area contributed by atoms with Gasteiger partial charge in [-0.15, -0.1) is 0 Å². The number of anilines is 2. The van der Waals surface area contributed by atoms with Crippen molar-refractivity contribution in [2.45, 2.75) is 27.2 Å². The van der Waals surface area contributed by atoms with Crippen molar-refractivity contribution in [1.29, 1.82) is 0 Å². The lowest BCUT2D eigenvalue weighted by molar-refractivity contribution is 0.102. The number of hydrogen-bond acceptors (Lipinski definition) is 5. The highest BCUT2D eigenvalue weighted by molar-refractivity contribution is 6.03. The SMILES string of the molecule is Cc1cc(C)c(NC(=O)c2cnc(NCCCN(C)C)cn2)c(C)c1. The van der Waals surface area contributed by atoms with Gasteiger partial charge in [0.25, 0.3) is 5.91 Å². The quantitative estimate of drug-likeness (QED) is 0.758. The third-order valence-corrected chi connectivity index (χ3v) is 3.89. The number of nitrogens with one attached hydrogen (secondary N) is 2. The van der Waals surface area contributed by atoms with Crippen LogP contribution in [-0.2, 0) is 0 Å². The minimum atomic E-state index is -0.248. The molecule has 0 spiro atoms. The van der Waals surface area contributed by atoms with E-state index in [0.717, 1.165) is 36.3 Å². The molecule has 6 nitrogen and oxygen atoms in total. The maximum absolute atomic E-state index is 12.4. The number of aryl methyl sites for hydroxylation is 3. The van der Waals surface area contributed by atoms with E-state index >= 15 is 0 Å². The summed E-state index contributed by atoms with van der Waals surface area (Å²) in [6.07, 6.45) is 4.12. The number of benzene rings is 1. The van der Waals surface area contributed by atoms with Crippen LogP contribution in [0.5, 0.6) is 0 Å². The van der Waals surface area contributed by atoms with Crippen LogP contribution < -0.4 is 10.6 Å². The largest absolute Gasteiger partial charge is 0.369 e. The van der Waals surface area contributed by atoms with Crippen LogP contribution in [0.25, 0.3) is 0 Å². The number of nitrogens with zero attached hydrogens (tertiary/aromatic N) is 3. The molecule has 1 aromatic heterocycles. The molecule has 134 valence electrons. The molecule has 0 bridgehead atoms. The number of carbonyl (C=O) groups excluding carboxylic acids is 1. The standard InChI is InChI=1S/C19H27N5O/c1-13-9-14(2)18(15(3)10-13)23-19(25)16-11-22-17(12-21-16)20-7-6-8-24(4)5/h9-12H,6-8H2,1-5H3,(H,20,22)(H,23,25).